The number of ether oxygens (including phenoxy) is 2. The fourth-order valence-electron chi connectivity index (χ4n) is 1.26. The zero-order valence-corrected chi connectivity index (χ0v) is 9.53. The SMILES string of the molecule is CSC(=N\N)/N=C/c1ccc2c(c1)OCO2. The fourth-order valence-corrected chi connectivity index (χ4v) is 1.53. The van der Waals surface area contributed by atoms with Crippen molar-refractivity contribution < 1.29 is 9.47 Å². The van der Waals surface area contributed by atoms with Gasteiger partial charge < -0.3 is 15.3 Å². The van der Waals surface area contributed by atoms with Crippen molar-refractivity contribution >= 4 is 23.1 Å². The Hall–Kier alpha value is -1.69. The molecule has 1 aliphatic rings. The molecule has 16 heavy (non-hydrogen) atoms. The Bertz CT molecular complexity index is 446. The average molecular weight is 237 g/mol. The number of nitrogens with two attached hydrogens (primary N) is 1. The number of amidine groups is 1. The van der Waals surface area contributed by atoms with Gasteiger partial charge in [-0.05, 0) is 30.0 Å². The van der Waals surface area contributed by atoms with Gasteiger partial charge in [0.05, 0.1) is 0 Å². The molecule has 0 saturated heterocycles. The molecular weight excluding hydrogens is 226 g/mol. The van der Waals surface area contributed by atoms with E-state index in [0.29, 0.717) is 5.17 Å². The van der Waals surface area contributed by atoms with E-state index in [1.807, 2.05) is 24.5 Å². The van der Waals surface area contributed by atoms with Crippen LogP contribution in [0.2, 0.25) is 0 Å². The molecule has 0 saturated carbocycles. The lowest BCUT2D eigenvalue weighted by Crippen LogP contribution is -1.93. The van der Waals surface area contributed by atoms with E-state index >= 15 is 0 Å². The third-order valence-electron chi connectivity index (χ3n) is 2.01. The van der Waals surface area contributed by atoms with Crippen LogP contribution in [0.25, 0.3) is 0 Å². The van der Waals surface area contributed by atoms with Crippen molar-refractivity contribution in [3.63, 3.8) is 0 Å². The Kier molecular flexibility index (Phi) is 3.31. The van der Waals surface area contributed by atoms with Crippen LogP contribution in [-0.4, -0.2) is 24.4 Å². The van der Waals surface area contributed by atoms with Crippen LogP contribution in [0, 0.1) is 0 Å². The maximum atomic E-state index is 5.25. The Morgan fingerprint density at radius 1 is 1.44 bits per heavy atom. The number of rotatable bonds is 1. The van der Waals surface area contributed by atoms with E-state index in [4.69, 9.17) is 15.3 Å². The van der Waals surface area contributed by atoms with E-state index in [0.717, 1.165) is 17.1 Å². The molecule has 84 valence electrons. The van der Waals surface area contributed by atoms with Gasteiger partial charge in [0, 0.05) is 6.21 Å². The van der Waals surface area contributed by atoms with E-state index in [2.05, 4.69) is 10.1 Å². The standard InChI is InChI=1S/C10H11N3O2S/c1-16-10(13-11)12-5-7-2-3-8-9(4-7)15-6-14-8/h2-5H,6,11H2,1H3/b12-5+,13-10-. The quantitative estimate of drug-likeness (QED) is 0.347. The Balaban J connectivity index is 2.16. The molecular formula is C10H11N3O2S. The van der Waals surface area contributed by atoms with Gasteiger partial charge >= 0.3 is 0 Å². The van der Waals surface area contributed by atoms with Gasteiger partial charge in [0.2, 0.25) is 12.0 Å². The largest absolute Gasteiger partial charge is 0.454 e. The predicted octanol–water partition coefficient (Wildman–Crippen LogP) is 1.43. The van der Waals surface area contributed by atoms with Crippen molar-refractivity contribution in [3.05, 3.63) is 23.8 Å². The van der Waals surface area contributed by atoms with Gasteiger partial charge in [-0.1, -0.05) is 11.8 Å². The molecule has 0 aromatic heterocycles. The van der Waals surface area contributed by atoms with Gasteiger partial charge in [0.25, 0.3) is 0 Å². The normalized spacial score (nSPS) is 14.7. The lowest BCUT2D eigenvalue weighted by Gasteiger charge is -1.97. The molecule has 0 fully saturated rings. The lowest BCUT2D eigenvalue weighted by molar-refractivity contribution is 0.174. The summed E-state index contributed by atoms with van der Waals surface area (Å²) in [7, 11) is 0. The summed E-state index contributed by atoms with van der Waals surface area (Å²) in [6, 6.07) is 5.60. The molecule has 0 bridgehead atoms. The lowest BCUT2D eigenvalue weighted by atomic mass is 10.2. The van der Waals surface area contributed by atoms with E-state index < -0.39 is 0 Å². The van der Waals surface area contributed by atoms with Crippen LogP contribution in [0.5, 0.6) is 11.5 Å². The molecule has 0 amide bonds. The Labute approximate surface area is 97.3 Å². The van der Waals surface area contributed by atoms with Crippen molar-refractivity contribution in [2.24, 2.45) is 15.9 Å². The summed E-state index contributed by atoms with van der Waals surface area (Å²) in [5.41, 5.74) is 0.916. The van der Waals surface area contributed by atoms with Gasteiger partial charge in [-0.25, -0.2) is 4.99 Å². The first kappa shape index (κ1) is 10.8. The molecule has 1 aliphatic heterocycles. The zero-order valence-electron chi connectivity index (χ0n) is 8.71. The zero-order chi connectivity index (χ0) is 11.4. The predicted molar refractivity (Wildman–Crippen MR) is 65.3 cm³/mol. The first-order chi connectivity index (χ1) is 7.83. The molecule has 6 heteroatoms. The average Bonchev–Trinajstić information content (AvgIpc) is 2.77. The molecule has 2 N–H and O–H groups in total. The highest BCUT2D eigenvalue weighted by Gasteiger charge is 2.12. The molecule has 0 spiro atoms. The minimum Gasteiger partial charge on any atom is -0.454 e. The molecule has 1 aromatic rings. The molecule has 0 aliphatic carbocycles. The van der Waals surface area contributed by atoms with Crippen molar-refractivity contribution in [1.29, 1.82) is 0 Å². The smallest absolute Gasteiger partial charge is 0.231 e. The van der Waals surface area contributed by atoms with Crippen LogP contribution in [0.15, 0.2) is 28.3 Å². The van der Waals surface area contributed by atoms with Gasteiger partial charge in [-0.2, -0.15) is 5.10 Å². The topological polar surface area (TPSA) is 69.2 Å². The number of aliphatic imine (C=N–C) groups is 1. The Morgan fingerprint density at radius 3 is 3.00 bits per heavy atom. The third-order valence-corrected chi connectivity index (χ3v) is 2.59. The van der Waals surface area contributed by atoms with Gasteiger partial charge in [0.1, 0.15) is 0 Å². The van der Waals surface area contributed by atoms with Crippen LogP contribution in [0.4, 0.5) is 0 Å². The van der Waals surface area contributed by atoms with Gasteiger partial charge in [0.15, 0.2) is 11.5 Å². The molecule has 5 nitrogen and oxygen atoms in total. The molecule has 2 rings (SSSR count). The highest BCUT2D eigenvalue weighted by Crippen LogP contribution is 2.31. The van der Waals surface area contributed by atoms with E-state index in [1.54, 1.807) is 6.21 Å². The number of nitrogens with zero attached hydrogens (tertiary/aromatic N) is 2. The second kappa shape index (κ2) is 4.89. The second-order valence-electron chi connectivity index (χ2n) is 2.99. The second-order valence-corrected chi connectivity index (χ2v) is 3.76. The summed E-state index contributed by atoms with van der Waals surface area (Å²) in [6.45, 7) is 0.274. The number of hydrazone groups is 1. The van der Waals surface area contributed by atoms with Gasteiger partial charge in [-0.3, -0.25) is 0 Å². The summed E-state index contributed by atoms with van der Waals surface area (Å²) >= 11 is 1.39. The number of fused-ring (bicyclic) bond motifs is 1. The van der Waals surface area contributed by atoms with Crippen molar-refractivity contribution in [2.45, 2.75) is 0 Å². The molecule has 0 unspecified atom stereocenters. The molecule has 0 atom stereocenters. The minimum atomic E-state index is 0.274. The summed E-state index contributed by atoms with van der Waals surface area (Å²) < 4.78 is 10.5. The monoisotopic (exact) mass is 237 g/mol. The minimum absolute atomic E-state index is 0.274. The summed E-state index contributed by atoms with van der Waals surface area (Å²) in [6.07, 6.45) is 3.55. The van der Waals surface area contributed by atoms with Crippen molar-refractivity contribution in [1.82, 2.24) is 0 Å². The first-order valence-electron chi connectivity index (χ1n) is 4.59. The highest BCUT2D eigenvalue weighted by atomic mass is 32.2. The number of hydrogen-bond acceptors (Lipinski definition) is 5. The van der Waals surface area contributed by atoms with Crippen molar-refractivity contribution in [3.8, 4) is 11.5 Å². The molecule has 1 heterocycles. The number of thioether (sulfide) groups is 1. The van der Waals surface area contributed by atoms with Crippen LogP contribution >= 0.6 is 11.8 Å². The van der Waals surface area contributed by atoms with Crippen LogP contribution < -0.4 is 15.3 Å². The van der Waals surface area contributed by atoms with E-state index in [9.17, 15) is 0 Å². The molecule has 0 radical (unpaired) electrons. The van der Waals surface area contributed by atoms with Crippen LogP contribution in [0.1, 0.15) is 5.56 Å². The summed E-state index contributed by atoms with van der Waals surface area (Å²) in [4.78, 5) is 4.12. The van der Waals surface area contributed by atoms with Gasteiger partial charge in [-0.15, -0.1) is 0 Å². The first-order valence-corrected chi connectivity index (χ1v) is 5.81. The number of hydrogen-bond donors (Lipinski definition) is 1. The maximum absolute atomic E-state index is 5.25. The van der Waals surface area contributed by atoms with E-state index in [-0.39, 0.29) is 6.79 Å². The number of benzene rings is 1. The van der Waals surface area contributed by atoms with Crippen LogP contribution in [0.3, 0.4) is 0 Å². The van der Waals surface area contributed by atoms with E-state index in [1.165, 1.54) is 11.8 Å². The summed E-state index contributed by atoms with van der Waals surface area (Å²) in [5.74, 6) is 6.64. The summed E-state index contributed by atoms with van der Waals surface area (Å²) in [5, 5.41) is 4.05. The highest BCUT2D eigenvalue weighted by molar-refractivity contribution is 8.13. The third kappa shape index (κ3) is 2.27. The van der Waals surface area contributed by atoms with Crippen molar-refractivity contribution in [2.75, 3.05) is 13.0 Å². The molecule has 1 aromatic carbocycles. The fraction of sp³-hybridized carbons (Fsp3) is 0.200. The Morgan fingerprint density at radius 2 is 2.25 bits per heavy atom. The maximum Gasteiger partial charge on any atom is 0.231 e. The van der Waals surface area contributed by atoms with Crippen LogP contribution in [-0.2, 0) is 0 Å².